The average Bonchev–Trinajstić information content (AvgIpc) is 2.91. The zero-order valence-corrected chi connectivity index (χ0v) is 14.4. The first-order valence-corrected chi connectivity index (χ1v) is 9.03. The molecule has 2 heterocycles. The van der Waals surface area contributed by atoms with Crippen molar-refractivity contribution in [1.82, 2.24) is 9.71 Å². The molecule has 2 aromatic heterocycles. The molecule has 6 nitrogen and oxygen atoms in total. The second kappa shape index (κ2) is 5.91. The first-order chi connectivity index (χ1) is 9.72. The van der Waals surface area contributed by atoms with E-state index < -0.39 is 16.0 Å². The molecule has 0 unspecified atom stereocenters. The molecular weight excluding hydrogens is 380 g/mol. The Morgan fingerprint density at radius 3 is 2.62 bits per heavy atom. The fourth-order valence-corrected chi connectivity index (χ4v) is 4.97. The molecule has 2 aromatic rings. The number of thiophene rings is 1. The van der Waals surface area contributed by atoms with Crippen LogP contribution in [0.3, 0.4) is 0 Å². The largest absolute Gasteiger partial charge is 0.477 e. The first-order valence-electron chi connectivity index (χ1n) is 5.87. The molecule has 114 valence electrons. The van der Waals surface area contributed by atoms with Crippen LogP contribution in [0.4, 0.5) is 0 Å². The van der Waals surface area contributed by atoms with Crippen LogP contribution in [-0.2, 0) is 16.6 Å². The van der Waals surface area contributed by atoms with Crippen molar-refractivity contribution in [2.75, 3.05) is 0 Å². The summed E-state index contributed by atoms with van der Waals surface area (Å²) in [5.41, 5.74) is 0.413. The van der Waals surface area contributed by atoms with E-state index in [1.54, 1.807) is 0 Å². The number of carboxylic acid groups (broad SMARTS) is 1. The molecule has 0 radical (unpaired) electrons. The summed E-state index contributed by atoms with van der Waals surface area (Å²) in [7, 11) is -3.78. The Labute approximate surface area is 134 Å². The Morgan fingerprint density at radius 2 is 2.14 bits per heavy atom. The molecule has 0 atom stereocenters. The van der Waals surface area contributed by atoms with E-state index in [0.717, 1.165) is 9.35 Å². The summed E-state index contributed by atoms with van der Waals surface area (Å²) >= 11 is 4.73. The van der Waals surface area contributed by atoms with Gasteiger partial charge in [0.2, 0.25) is 10.0 Å². The zero-order chi connectivity index (χ0) is 15.8. The predicted octanol–water partition coefficient (Wildman–Crippen LogP) is 2.63. The third kappa shape index (κ3) is 3.37. The number of halogens is 1. The smallest absolute Gasteiger partial charge is 0.352 e. The predicted molar refractivity (Wildman–Crippen MR) is 83.3 cm³/mol. The number of rotatable bonds is 5. The summed E-state index contributed by atoms with van der Waals surface area (Å²) in [4.78, 5) is 14.5. The standard InChI is InChI=1S/C12H13BrN2O4S2/c1-6-10(12(16)17)15-7(2)11(6)21(18,19)14-4-9-3-8(13)5-20-9/h3,5,14-15H,4H2,1-2H3,(H,16,17). The maximum absolute atomic E-state index is 12.4. The van der Waals surface area contributed by atoms with Gasteiger partial charge >= 0.3 is 5.97 Å². The molecule has 21 heavy (non-hydrogen) atoms. The lowest BCUT2D eigenvalue weighted by molar-refractivity contribution is 0.0690. The number of H-pyrrole nitrogens is 1. The molecule has 2 rings (SSSR count). The molecule has 0 aliphatic rings. The van der Waals surface area contributed by atoms with E-state index in [-0.39, 0.29) is 22.7 Å². The van der Waals surface area contributed by atoms with Crippen molar-refractivity contribution in [2.24, 2.45) is 0 Å². The summed E-state index contributed by atoms with van der Waals surface area (Å²) in [6, 6.07) is 1.83. The van der Waals surface area contributed by atoms with Crippen molar-refractivity contribution in [2.45, 2.75) is 25.3 Å². The van der Waals surface area contributed by atoms with Crippen LogP contribution in [0.25, 0.3) is 0 Å². The van der Waals surface area contributed by atoms with E-state index in [1.807, 2.05) is 11.4 Å². The fourth-order valence-electron chi connectivity index (χ4n) is 2.03. The number of nitrogens with one attached hydrogen (secondary N) is 2. The highest BCUT2D eigenvalue weighted by atomic mass is 79.9. The van der Waals surface area contributed by atoms with Gasteiger partial charge < -0.3 is 10.1 Å². The number of aromatic carboxylic acids is 1. The van der Waals surface area contributed by atoms with E-state index in [1.165, 1.54) is 25.2 Å². The molecule has 0 bridgehead atoms. The van der Waals surface area contributed by atoms with E-state index >= 15 is 0 Å². The lowest BCUT2D eigenvalue weighted by atomic mass is 10.2. The van der Waals surface area contributed by atoms with Gasteiger partial charge in [0.1, 0.15) is 10.6 Å². The molecule has 0 spiro atoms. The summed E-state index contributed by atoms with van der Waals surface area (Å²) in [6.45, 7) is 3.17. The minimum Gasteiger partial charge on any atom is -0.477 e. The van der Waals surface area contributed by atoms with Crippen LogP contribution in [0.15, 0.2) is 20.8 Å². The van der Waals surface area contributed by atoms with Gasteiger partial charge in [-0.15, -0.1) is 11.3 Å². The highest BCUT2D eigenvalue weighted by molar-refractivity contribution is 9.10. The first kappa shape index (κ1) is 16.2. The van der Waals surface area contributed by atoms with Crippen LogP contribution >= 0.6 is 27.3 Å². The van der Waals surface area contributed by atoms with Gasteiger partial charge in [0.15, 0.2) is 0 Å². The van der Waals surface area contributed by atoms with Crippen LogP contribution in [0.1, 0.15) is 26.6 Å². The molecule has 0 saturated heterocycles. The maximum atomic E-state index is 12.4. The third-order valence-electron chi connectivity index (χ3n) is 2.91. The van der Waals surface area contributed by atoms with Gasteiger partial charge in [-0.25, -0.2) is 17.9 Å². The van der Waals surface area contributed by atoms with E-state index in [4.69, 9.17) is 5.11 Å². The Balaban J connectivity index is 2.29. The quantitative estimate of drug-likeness (QED) is 0.727. The highest BCUT2D eigenvalue weighted by Gasteiger charge is 2.26. The summed E-state index contributed by atoms with van der Waals surface area (Å²) in [6.07, 6.45) is 0. The lowest BCUT2D eigenvalue weighted by Crippen LogP contribution is -2.23. The number of hydrogen-bond donors (Lipinski definition) is 3. The number of carboxylic acids is 1. The van der Waals surface area contributed by atoms with Crippen molar-refractivity contribution in [1.29, 1.82) is 0 Å². The molecule has 3 N–H and O–H groups in total. The SMILES string of the molecule is Cc1[nH]c(C(=O)O)c(C)c1S(=O)(=O)NCc1cc(Br)cs1. The minimum absolute atomic E-state index is 0.00415. The molecule has 0 aromatic carbocycles. The number of hydrogen-bond acceptors (Lipinski definition) is 4. The second-order valence-corrected chi connectivity index (χ2v) is 8.06. The topological polar surface area (TPSA) is 99.3 Å². The van der Waals surface area contributed by atoms with Gasteiger partial charge in [-0.1, -0.05) is 0 Å². The summed E-state index contributed by atoms with van der Waals surface area (Å²) < 4.78 is 28.1. The van der Waals surface area contributed by atoms with E-state index in [2.05, 4.69) is 25.6 Å². The lowest BCUT2D eigenvalue weighted by Gasteiger charge is -2.06. The van der Waals surface area contributed by atoms with E-state index in [0.29, 0.717) is 5.69 Å². The molecule has 0 saturated carbocycles. The number of aromatic nitrogens is 1. The summed E-state index contributed by atoms with van der Waals surface area (Å²) in [5.74, 6) is -1.18. The number of aryl methyl sites for hydroxylation is 1. The molecule has 9 heteroatoms. The Hall–Kier alpha value is -1.16. The number of sulfonamides is 1. The average molecular weight is 393 g/mol. The zero-order valence-electron chi connectivity index (χ0n) is 11.2. The van der Waals surface area contributed by atoms with Gasteiger partial charge in [-0.2, -0.15) is 0 Å². The van der Waals surface area contributed by atoms with Crippen molar-refractivity contribution >= 4 is 43.3 Å². The Kier molecular flexibility index (Phi) is 4.57. The molecule has 0 amide bonds. The van der Waals surface area contributed by atoms with Crippen molar-refractivity contribution < 1.29 is 18.3 Å². The van der Waals surface area contributed by atoms with Crippen LogP contribution in [0.5, 0.6) is 0 Å². The van der Waals surface area contributed by atoms with Crippen LogP contribution in [0, 0.1) is 13.8 Å². The monoisotopic (exact) mass is 392 g/mol. The summed E-state index contributed by atoms with van der Waals surface area (Å²) in [5, 5.41) is 10.9. The van der Waals surface area contributed by atoms with Crippen molar-refractivity contribution in [3.63, 3.8) is 0 Å². The van der Waals surface area contributed by atoms with Gasteiger partial charge in [-0.3, -0.25) is 0 Å². The molecule has 0 fully saturated rings. The van der Waals surface area contributed by atoms with E-state index in [9.17, 15) is 13.2 Å². The normalized spacial score (nSPS) is 11.8. The van der Waals surface area contributed by atoms with Gasteiger partial charge in [0.25, 0.3) is 0 Å². The number of carbonyl (C=O) groups is 1. The van der Waals surface area contributed by atoms with Crippen LogP contribution < -0.4 is 4.72 Å². The van der Waals surface area contributed by atoms with Gasteiger partial charge in [0, 0.05) is 32.5 Å². The second-order valence-electron chi connectivity index (χ2n) is 4.44. The van der Waals surface area contributed by atoms with Gasteiger partial charge in [0.05, 0.1) is 0 Å². The maximum Gasteiger partial charge on any atom is 0.352 e. The highest BCUT2D eigenvalue weighted by Crippen LogP contribution is 2.24. The Morgan fingerprint density at radius 1 is 1.48 bits per heavy atom. The van der Waals surface area contributed by atoms with Crippen LogP contribution in [0.2, 0.25) is 0 Å². The van der Waals surface area contributed by atoms with Gasteiger partial charge in [-0.05, 0) is 35.8 Å². The number of aromatic amines is 1. The van der Waals surface area contributed by atoms with Crippen molar-refractivity contribution in [3.05, 3.63) is 37.7 Å². The van der Waals surface area contributed by atoms with Crippen LogP contribution in [-0.4, -0.2) is 24.5 Å². The third-order valence-corrected chi connectivity index (χ3v) is 6.28. The molecular formula is C12H13BrN2O4S2. The Bertz CT molecular complexity index is 792. The molecule has 0 aliphatic heterocycles. The fraction of sp³-hybridized carbons (Fsp3) is 0.250. The minimum atomic E-state index is -3.78. The molecule has 0 aliphatic carbocycles. The van der Waals surface area contributed by atoms with Crippen molar-refractivity contribution in [3.8, 4) is 0 Å².